The summed E-state index contributed by atoms with van der Waals surface area (Å²) in [7, 11) is 0. The minimum absolute atomic E-state index is 0.0125. The van der Waals surface area contributed by atoms with Gasteiger partial charge in [0.25, 0.3) is 0 Å². The Morgan fingerprint density at radius 2 is 0.694 bits per heavy atom. The van der Waals surface area contributed by atoms with Crippen molar-refractivity contribution >= 4 is 11.9 Å². The first-order chi connectivity index (χ1) is 23.9. The number of hydrogen-bond donors (Lipinski definition) is 0. The number of nitrogens with zero attached hydrogens (tertiary/aromatic N) is 2. The van der Waals surface area contributed by atoms with E-state index in [2.05, 4.69) is 37.5 Å². The molecule has 0 heterocycles. The van der Waals surface area contributed by atoms with Gasteiger partial charge >= 0.3 is 11.9 Å². The van der Waals surface area contributed by atoms with Crippen LogP contribution in [0.3, 0.4) is 0 Å². The van der Waals surface area contributed by atoms with Gasteiger partial charge in [0.1, 0.15) is 0 Å². The maximum Gasteiger partial charge on any atom is 0.307 e. The number of rotatable bonds is 38. The third kappa shape index (κ3) is 33.7. The Morgan fingerprint density at radius 1 is 0.408 bits per heavy atom. The molecule has 0 aliphatic heterocycles. The third-order valence-corrected chi connectivity index (χ3v) is 10.2. The van der Waals surface area contributed by atoms with Crippen LogP contribution >= 0.6 is 0 Å². The molecule has 0 saturated carbocycles. The van der Waals surface area contributed by atoms with Gasteiger partial charge < -0.3 is 19.3 Å². The summed E-state index contributed by atoms with van der Waals surface area (Å²) in [4.78, 5) is 29.7. The van der Waals surface area contributed by atoms with Gasteiger partial charge in [-0.05, 0) is 72.1 Å². The molecule has 0 aliphatic rings. The van der Waals surface area contributed by atoms with E-state index in [0.29, 0.717) is 12.8 Å². The highest BCUT2D eigenvalue weighted by molar-refractivity contribution is 5.70. The average Bonchev–Trinajstić information content (AvgIpc) is 3.08. The van der Waals surface area contributed by atoms with Crippen molar-refractivity contribution in [3.05, 3.63) is 0 Å². The Labute approximate surface area is 306 Å². The van der Waals surface area contributed by atoms with E-state index in [-0.39, 0.29) is 24.1 Å². The molecule has 6 nitrogen and oxygen atoms in total. The normalized spacial score (nSPS) is 12.9. The highest BCUT2D eigenvalue weighted by atomic mass is 16.5. The molecule has 0 fully saturated rings. The lowest BCUT2D eigenvalue weighted by Gasteiger charge is -2.24. The lowest BCUT2D eigenvalue weighted by Crippen LogP contribution is -2.33. The van der Waals surface area contributed by atoms with Gasteiger partial charge in [0.05, 0.1) is 25.0 Å². The summed E-state index contributed by atoms with van der Waals surface area (Å²) < 4.78 is 11.4. The van der Waals surface area contributed by atoms with Crippen LogP contribution in [0.5, 0.6) is 0 Å². The molecular formula is C43H86N2O4. The van der Waals surface area contributed by atoms with Crippen molar-refractivity contribution in [2.24, 2.45) is 0 Å². The molecule has 0 N–H and O–H groups in total. The molecule has 0 amide bonds. The fourth-order valence-electron chi connectivity index (χ4n) is 6.75. The van der Waals surface area contributed by atoms with Gasteiger partial charge in [0, 0.05) is 13.1 Å². The Hall–Kier alpha value is -1.14. The zero-order valence-electron chi connectivity index (χ0n) is 34.0. The monoisotopic (exact) mass is 695 g/mol. The summed E-state index contributed by atoms with van der Waals surface area (Å²) in [6.07, 6.45) is 33.3. The topological polar surface area (TPSA) is 59.1 Å². The fraction of sp³-hybridized carbons (Fsp3) is 0.953. The average molecular weight is 695 g/mol. The predicted octanol–water partition coefficient (Wildman–Crippen LogP) is 12.1. The second-order valence-corrected chi connectivity index (χ2v) is 15.0. The van der Waals surface area contributed by atoms with Crippen LogP contribution in [0.2, 0.25) is 0 Å². The SMILES string of the molecule is CCCCCCCCCCCCCC(C)OC(=O)CCN(CC)CCCN(CC)CCC(=O)OC(C)CCCCCCCCCCCCC. The summed E-state index contributed by atoms with van der Waals surface area (Å²) in [5, 5.41) is 0. The summed E-state index contributed by atoms with van der Waals surface area (Å²) >= 11 is 0. The van der Waals surface area contributed by atoms with Gasteiger partial charge in [0.2, 0.25) is 0 Å². The molecule has 0 radical (unpaired) electrons. The molecule has 6 heteroatoms. The van der Waals surface area contributed by atoms with Crippen LogP contribution in [0.4, 0.5) is 0 Å². The van der Waals surface area contributed by atoms with Crippen molar-refractivity contribution in [2.75, 3.05) is 39.3 Å². The summed E-state index contributed by atoms with van der Waals surface area (Å²) in [5.74, 6) is -0.138. The van der Waals surface area contributed by atoms with E-state index in [9.17, 15) is 9.59 Å². The molecule has 0 saturated heterocycles. The van der Waals surface area contributed by atoms with Crippen molar-refractivity contribution in [1.82, 2.24) is 9.80 Å². The molecular weight excluding hydrogens is 608 g/mol. The number of hydrogen-bond acceptors (Lipinski definition) is 6. The lowest BCUT2D eigenvalue weighted by molar-refractivity contribution is -0.149. The second-order valence-electron chi connectivity index (χ2n) is 15.0. The Kier molecular flexibility index (Phi) is 35.8. The molecule has 0 bridgehead atoms. The second kappa shape index (κ2) is 36.6. The number of carbonyl (C=O) groups is 2. The largest absolute Gasteiger partial charge is 0.463 e. The van der Waals surface area contributed by atoms with Crippen LogP contribution in [0.1, 0.15) is 215 Å². The smallest absolute Gasteiger partial charge is 0.307 e. The maximum absolute atomic E-state index is 12.5. The maximum atomic E-state index is 12.5. The van der Waals surface area contributed by atoms with E-state index >= 15 is 0 Å². The van der Waals surface area contributed by atoms with Crippen molar-refractivity contribution in [3.8, 4) is 0 Å². The minimum atomic E-state index is -0.0690. The highest BCUT2D eigenvalue weighted by Gasteiger charge is 2.14. The number of unbranched alkanes of at least 4 members (excludes halogenated alkanes) is 20. The van der Waals surface area contributed by atoms with Gasteiger partial charge in [0.15, 0.2) is 0 Å². The quantitative estimate of drug-likeness (QED) is 0.0473. The van der Waals surface area contributed by atoms with Gasteiger partial charge in [-0.3, -0.25) is 9.59 Å². The van der Waals surface area contributed by atoms with Gasteiger partial charge in [-0.2, -0.15) is 0 Å². The number of carbonyl (C=O) groups excluding carboxylic acids is 2. The van der Waals surface area contributed by atoms with Crippen LogP contribution in [0.25, 0.3) is 0 Å². The number of esters is 2. The third-order valence-electron chi connectivity index (χ3n) is 10.2. The van der Waals surface area contributed by atoms with E-state index < -0.39 is 0 Å². The number of ether oxygens (including phenoxy) is 2. The Bertz CT molecular complexity index is 660. The van der Waals surface area contributed by atoms with Crippen LogP contribution in [-0.4, -0.2) is 73.2 Å². The van der Waals surface area contributed by atoms with E-state index in [1.165, 1.54) is 128 Å². The molecule has 292 valence electrons. The van der Waals surface area contributed by atoms with E-state index in [1.54, 1.807) is 0 Å². The summed E-state index contributed by atoms with van der Waals surface area (Å²) in [6, 6.07) is 0. The van der Waals surface area contributed by atoms with Gasteiger partial charge in [-0.1, -0.05) is 156 Å². The predicted molar refractivity (Wildman–Crippen MR) is 211 cm³/mol. The molecule has 2 atom stereocenters. The van der Waals surface area contributed by atoms with Crippen LogP contribution in [0.15, 0.2) is 0 Å². The molecule has 0 aromatic heterocycles. The van der Waals surface area contributed by atoms with Gasteiger partial charge in [-0.25, -0.2) is 0 Å². The van der Waals surface area contributed by atoms with Crippen molar-refractivity contribution < 1.29 is 19.1 Å². The van der Waals surface area contributed by atoms with E-state index in [0.717, 1.165) is 71.4 Å². The molecule has 0 aromatic carbocycles. The molecule has 0 spiro atoms. The van der Waals surface area contributed by atoms with Crippen molar-refractivity contribution in [1.29, 1.82) is 0 Å². The first-order valence-corrected chi connectivity index (χ1v) is 21.7. The summed E-state index contributed by atoms with van der Waals surface area (Å²) in [6.45, 7) is 18.2. The zero-order chi connectivity index (χ0) is 36.2. The van der Waals surface area contributed by atoms with Crippen LogP contribution < -0.4 is 0 Å². The Balaban J connectivity index is 3.88. The van der Waals surface area contributed by atoms with Gasteiger partial charge in [-0.15, -0.1) is 0 Å². The minimum Gasteiger partial charge on any atom is -0.463 e. The standard InChI is InChI=1S/C43H86N2O4/c1-7-11-13-15-17-19-21-23-25-27-29-32-40(5)48-42(46)34-38-44(9-3)36-31-37-45(10-4)39-35-43(47)49-41(6)33-30-28-26-24-22-20-18-16-14-12-8-2/h40-41H,7-39H2,1-6H3. The Morgan fingerprint density at radius 3 is 0.980 bits per heavy atom. The highest BCUT2D eigenvalue weighted by Crippen LogP contribution is 2.15. The molecule has 0 aliphatic carbocycles. The van der Waals surface area contributed by atoms with Crippen LogP contribution in [0, 0.1) is 0 Å². The van der Waals surface area contributed by atoms with E-state index in [1.807, 2.05) is 13.8 Å². The first kappa shape index (κ1) is 47.9. The summed E-state index contributed by atoms with van der Waals surface area (Å²) in [5.41, 5.74) is 0. The molecule has 0 aromatic rings. The van der Waals surface area contributed by atoms with Crippen molar-refractivity contribution in [3.63, 3.8) is 0 Å². The first-order valence-electron chi connectivity index (χ1n) is 21.7. The van der Waals surface area contributed by atoms with Crippen LogP contribution in [-0.2, 0) is 19.1 Å². The molecule has 49 heavy (non-hydrogen) atoms. The van der Waals surface area contributed by atoms with Crippen molar-refractivity contribution in [2.45, 2.75) is 227 Å². The fourth-order valence-corrected chi connectivity index (χ4v) is 6.75. The zero-order valence-corrected chi connectivity index (χ0v) is 34.0. The lowest BCUT2D eigenvalue weighted by atomic mass is 10.0. The molecule has 2 unspecified atom stereocenters. The molecule has 0 rings (SSSR count). The van der Waals surface area contributed by atoms with E-state index in [4.69, 9.17) is 9.47 Å².